The van der Waals surface area contributed by atoms with E-state index in [-0.39, 0.29) is 11.8 Å². The van der Waals surface area contributed by atoms with Gasteiger partial charge in [0.1, 0.15) is 0 Å². The summed E-state index contributed by atoms with van der Waals surface area (Å²) in [4.78, 5) is 11.9. The molecular formula is C13H26N2O. The molecule has 2 N–H and O–H groups in total. The lowest BCUT2D eigenvalue weighted by Crippen LogP contribution is -2.44. The molecule has 1 rings (SSSR count). The van der Waals surface area contributed by atoms with Crippen LogP contribution >= 0.6 is 0 Å². The first-order valence-electron chi connectivity index (χ1n) is 6.49. The van der Waals surface area contributed by atoms with Crippen molar-refractivity contribution < 1.29 is 4.79 Å². The van der Waals surface area contributed by atoms with Crippen LogP contribution < -0.4 is 10.6 Å². The Hall–Kier alpha value is -0.570. The first-order valence-corrected chi connectivity index (χ1v) is 6.49. The van der Waals surface area contributed by atoms with Crippen LogP contribution in [0.25, 0.3) is 0 Å². The molecule has 0 radical (unpaired) electrons. The zero-order valence-corrected chi connectivity index (χ0v) is 11.0. The van der Waals surface area contributed by atoms with E-state index in [4.69, 9.17) is 0 Å². The van der Waals surface area contributed by atoms with E-state index in [1.54, 1.807) is 0 Å². The molecule has 1 amide bonds. The van der Waals surface area contributed by atoms with Gasteiger partial charge in [-0.2, -0.15) is 0 Å². The van der Waals surface area contributed by atoms with E-state index >= 15 is 0 Å². The molecule has 3 heteroatoms. The predicted molar refractivity (Wildman–Crippen MR) is 67.2 cm³/mol. The van der Waals surface area contributed by atoms with Crippen LogP contribution in [0.15, 0.2) is 0 Å². The molecular weight excluding hydrogens is 200 g/mol. The summed E-state index contributed by atoms with van der Waals surface area (Å²) in [6, 6.07) is 0. The van der Waals surface area contributed by atoms with Crippen molar-refractivity contribution in [3.63, 3.8) is 0 Å². The van der Waals surface area contributed by atoms with Gasteiger partial charge in [0.05, 0.1) is 5.92 Å². The highest BCUT2D eigenvalue weighted by atomic mass is 16.1. The minimum absolute atomic E-state index is 0.170. The predicted octanol–water partition coefficient (Wildman–Crippen LogP) is 1.64. The number of piperidine rings is 1. The van der Waals surface area contributed by atoms with Crippen LogP contribution in [0.1, 0.15) is 34.1 Å². The van der Waals surface area contributed by atoms with Crippen molar-refractivity contribution in [1.82, 2.24) is 10.6 Å². The molecule has 1 fully saturated rings. The van der Waals surface area contributed by atoms with Gasteiger partial charge in [0.2, 0.25) is 5.91 Å². The Morgan fingerprint density at radius 2 is 2.06 bits per heavy atom. The maximum absolute atomic E-state index is 11.9. The van der Waals surface area contributed by atoms with Crippen LogP contribution in [-0.2, 0) is 4.79 Å². The molecule has 1 heterocycles. The van der Waals surface area contributed by atoms with E-state index < -0.39 is 0 Å². The van der Waals surface area contributed by atoms with Gasteiger partial charge in [0, 0.05) is 13.1 Å². The Labute approximate surface area is 99.4 Å². The van der Waals surface area contributed by atoms with Gasteiger partial charge in [-0.3, -0.25) is 4.79 Å². The molecule has 1 saturated heterocycles. The van der Waals surface area contributed by atoms with Crippen LogP contribution in [0.3, 0.4) is 0 Å². The first-order chi connectivity index (χ1) is 7.50. The third kappa shape index (κ3) is 4.12. The highest BCUT2D eigenvalue weighted by Gasteiger charge is 2.24. The summed E-state index contributed by atoms with van der Waals surface area (Å²) >= 11 is 0. The van der Waals surface area contributed by atoms with E-state index in [1.165, 1.54) is 0 Å². The van der Waals surface area contributed by atoms with Crippen molar-refractivity contribution >= 4 is 5.91 Å². The Morgan fingerprint density at radius 1 is 1.38 bits per heavy atom. The highest BCUT2D eigenvalue weighted by molar-refractivity contribution is 5.79. The standard InChI is InChI=1S/C13H26N2O/c1-9(2)11(4)7-15-13(16)12-5-10(3)6-14-8-12/h9-12,14H,5-8H2,1-4H3,(H,15,16). The van der Waals surface area contributed by atoms with Crippen molar-refractivity contribution in [3.8, 4) is 0 Å². The van der Waals surface area contributed by atoms with E-state index in [0.717, 1.165) is 26.1 Å². The smallest absolute Gasteiger partial charge is 0.224 e. The average molecular weight is 226 g/mol. The highest BCUT2D eigenvalue weighted by Crippen LogP contribution is 2.16. The minimum atomic E-state index is 0.170. The van der Waals surface area contributed by atoms with E-state index in [9.17, 15) is 4.79 Å². The largest absolute Gasteiger partial charge is 0.356 e. The number of nitrogens with one attached hydrogen (secondary N) is 2. The van der Waals surface area contributed by atoms with Crippen molar-refractivity contribution in [2.45, 2.75) is 34.1 Å². The summed E-state index contributed by atoms with van der Waals surface area (Å²) in [5.74, 6) is 2.20. The maximum atomic E-state index is 11.9. The van der Waals surface area contributed by atoms with Gasteiger partial charge >= 0.3 is 0 Å². The van der Waals surface area contributed by atoms with Gasteiger partial charge in [-0.05, 0) is 30.7 Å². The summed E-state index contributed by atoms with van der Waals surface area (Å²) < 4.78 is 0. The van der Waals surface area contributed by atoms with E-state index in [0.29, 0.717) is 17.8 Å². The molecule has 3 nitrogen and oxygen atoms in total. The Bertz CT molecular complexity index is 228. The second-order valence-corrected chi connectivity index (χ2v) is 5.66. The molecule has 0 spiro atoms. The van der Waals surface area contributed by atoms with Crippen LogP contribution in [0, 0.1) is 23.7 Å². The minimum Gasteiger partial charge on any atom is -0.356 e. The summed E-state index contributed by atoms with van der Waals surface area (Å²) in [7, 11) is 0. The fraction of sp³-hybridized carbons (Fsp3) is 0.923. The number of rotatable bonds is 4. The zero-order valence-electron chi connectivity index (χ0n) is 11.0. The lowest BCUT2D eigenvalue weighted by Gasteiger charge is -2.27. The van der Waals surface area contributed by atoms with Crippen molar-refractivity contribution in [2.75, 3.05) is 19.6 Å². The average Bonchev–Trinajstić information content (AvgIpc) is 2.25. The van der Waals surface area contributed by atoms with Crippen molar-refractivity contribution in [3.05, 3.63) is 0 Å². The molecule has 3 unspecified atom stereocenters. The number of amides is 1. The number of carbonyl (C=O) groups is 1. The van der Waals surface area contributed by atoms with Crippen LogP contribution in [0.2, 0.25) is 0 Å². The van der Waals surface area contributed by atoms with E-state index in [2.05, 4.69) is 38.3 Å². The Balaban J connectivity index is 2.29. The SMILES string of the molecule is CC1CNCC(C(=O)NCC(C)C(C)C)C1. The van der Waals surface area contributed by atoms with Crippen LogP contribution in [0.5, 0.6) is 0 Å². The van der Waals surface area contributed by atoms with Crippen molar-refractivity contribution in [1.29, 1.82) is 0 Å². The van der Waals surface area contributed by atoms with E-state index in [1.807, 2.05) is 0 Å². The molecule has 16 heavy (non-hydrogen) atoms. The summed E-state index contributed by atoms with van der Waals surface area (Å²) in [6.07, 6.45) is 1.02. The molecule has 94 valence electrons. The molecule has 0 aromatic heterocycles. The fourth-order valence-electron chi connectivity index (χ4n) is 2.00. The van der Waals surface area contributed by atoms with Gasteiger partial charge in [0.15, 0.2) is 0 Å². The number of hydrogen-bond acceptors (Lipinski definition) is 2. The zero-order chi connectivity index (χ0) is 12.1. The third-order valence-corrected chi connectivity index (χ3v) is 3.68. The second kappa shape index (κ2) is 6.24. The number of hydrogen-bond donors (Lipinski definition) is 2. The van der Waals surface area contributed by atoms with Crippen molar-refractivity contribution in [2.24, 2.45) is 23.7 Å². The molecule has 0 saturated carbocycles. The fourth-order valence-corrected chi connectivity index (χ4v) is 2.00. The molecule has 0 aromatic rings. The maximum Gasteiger partial charge on any atom is 0.224 e. The molecule has 0 aliphatic carbocycles. The summed E-state index contributed by atoms with van der Waals surface area (Å²) in [5.41, 5.74) is 0. The van der Waals surface area contributed by atoms with Gasteiger partial charge < -0.3 is 10.6 Å². The van der Waals surface area contributed by atoms with Crippen LogP contribution in [0.4, 0.5) is 0 Å². The van der Waals surface area contributed by atoms with Gasteiger partial charge in [0.25, 0.3) is 0 Å². The topological polar surface area (TPSA) is 41.1 Å². The summed E-state index contributed by atoms with van der Waals surface area (Å²) in [6.45, 7) is 11.5. The Kier molecular flexibility index (Phi) is 5.26. The molecule has 0 bridgehead atoms. The molecule has 3 atom stereocenters. The lowest BCUT2D eigenvalue weighted by molar-refractivity contribution is -0.126. The molecule has 0 aromatic carbocycles. The molecule has 1 aliphatic rings. The first kappa shape index (κ1) is 13.5. The van der Waals surface area contributed by atoms with Gasteiger partial charge in [-0.15, -0.1) is 0 Å². The molecule has 1 aliphatic heterocycles. The second-order valence-electron chi connectivity index (χ2n) is 5.66. The normalized spacial score (nSPS) is 27.8. The van der Waals surface area contributed by atoms with Gasteiger partial charge in [-0.25, -0.2) is 0 Å². The third-order valence-electron chi connectivity index (χ3n) is 3.68. The summed E-state index contributed by atoms with van der Waals surface area (Å²) in [5, 5.41) is 6.39. The monoisotopic (exact) mass is 226 g/mol. The lowest BCUT2D eigenvalue weighted by atomic mass is 9.91. The van der Waals surface area contributed by atoms with Crippen LogP contribution in [-0.4, -0.2) is 25.5 Å². The Morgan fingerprint density at radius 3 is 2.62 bits per heavy atom. The van der Waals surface area contributed by atoms with Gasteiger partial charge in [-0.1, -0.05) is 27.7 Å². The number of carbonyl (C=O) groups excluding carboxylic acids is 1. The quantitative estimate of drug-likeness (QED) is 0.765.